The zero-order valence-corrected chi connectivity index (χ0v) is 5.33. The average Bonchev–Trinajstić information content (AvgIpc) is 1.87. The molecular formula is C5H10FNO3. The van der Waals surface area contributed by atoms with Gasteiger partial charge in [-0.1, -0.05) is 0 Å². The van der Waals surface area contributed by atoms with Crippen LogP contribution in [-0.2, 0) is 4.79 Å². The van der Waals surface area contributed by atoms with Crippen LogP contribution in [-0.4, -0.2) is 35.0 Å². The molecule has 0 aromatic heterocycles. The zero-order valence-electron chi connectivity index (χ0n) is 5.33. The predicted molar refractivity (Wildman–Crippen MR) is 32.2 cm³/mol. The summed E-state index contributed by atoms with van der Waals surface area (Å²) in [5.41, 5.74) is 4.97. The van der Waals surface area contributed by atoms with Crippen LogP contribution in [0.2, 0.25) is 0 Å². The number of halogens is 1. The summed E-state index contributed by atoms with van der Waals surface area (Å²) in [4.78, 5) is 9.99. The summed E-state index contributed by atoms with van der Waals surface area (Å²) in [6.07, 6.45) is -1.50. The van der Waals surface area contributed by atoms with Gasteiger partial charge in [-0.15, -0.1) is 0 Å². The molecule has 0 radical (unpaired) electrons. The molecule has 0 aliphatic carbocycles. The number of hydrogen-bond donors (Lipinski definition) is 3. The topological polar surface area (TPSA) is 83.5 Å². The number of rotatable bonds is 4. The number of aliphatic hydroxyl groups excluding tert-OH is 1. The van der Waals surface area contributed by atoms with Crippen molar-refractivity contribution in [2.24, 2.45) is 5.73 Å². The van der Waals surface area contributed by atoms with E-state index in [1.807, 2.05) is 0 Å². The van der Waals surface area contributed by atoms with Crippen LogP contribution in [0, 0.1) is 0 Å². The second-order valence-electron chi connectivity index (χ2n) is 1.99. The van der Waals surface area contributed by atoms with E-state index in [1.54, 1.807) is 0 Å². The van der Waals surface area contributed by atoms with E-state index in [0.717, 1.165) is 0 Å². The molecule has 0 rings (SSSR count). The lowest BCUT2D eigenvalue weighted by atomic mass is 10.1. The van der Waals surface area contributed by atoms with Crippen molar-refractivity contribution in [3.8, 4) is 0 Å². The van der Waals surface area contributed by atoms with Crippen LogP contribution < -0.4 is 5.73 Å². The number of nitrogens with two attached hydrogens (primary N) is 1. The molecular weight excluding hydrogens is 141 g/mol. The minimum absolute atomic E-state index is 0.244. The predicted octanol–water partition coefficient (Wildman–Crippen LogP) is -0.881. The molecule has 0 spiro atoms. The SMILES string of the molecule is NC(CC(O)CF)C(=O)O. The van der Waals surface area contributed by atoms with E-state index in [0.29, 0.717) is 0 Å². The van der Waals surface area contributed by atoms with Crippen LogP contribution in [0.4, 0.5) is 4.39 Å². The maximum absolute atomic E-state index is 11.5. The Hall–Kier alpha value is -0.680. The van der Waals surface area contributed by atoms with E-state index >= 15 is 0 Å². The second kappa shape index (κ2) is 4.19. The van der Waals surface area contributed by atoms with Crippen LogP contribution >= 0.6 is 0 Å². The van der Waals surface area contributed by atoms with Gasteiger partial charge in [0.05, 0.1) is 6.10 Å². The molecule has 0 aliphatic heterocycles. The molecule has 0 heterocycles. The number of carboxylic acids is 1. The van der Waals surface area contributed by atoms with Gasteiger partial charge in [0.2, 0.25) is 0 Å². The Labute approximate surface area is 57.5 Å². The van der Waals surface area contributed by atoms with Crippen molar-refractivity contribution in [2.45, 2.75) is 18.6 Å². The molecule has 5 heteroatoms. The van der Waals surface area contributed by atoms with E-state index in [9.17, 15) is 9.18 Å². The maximum Gasteiger partial charge on any atom is 0.320 e. The highest BCUT2D eigenvalue weighted by Gasteiger charge is 2.15. The summed E-state index contributed by atoms with van der Waals surface area (Å²) in [6.45, 7) is -0.957. The molecule has 0 saturated heterocycles. The molecule has 4 nitrogen and oxygen atoms in total. The third-order valence-corrected chi connectivity index (χ3v) is 1.02. The highest BCUT2D eigenvalue weighted by atomic mass is 19.1. The van der Waals surface area contributed by atoms with Gasteiger partial charge in [0.25, 0.3) is 0 Å². The van der Waals surface area contributed by atoms with Gasteiger partial charge in [-0.25, -0.2) is 4.39 Å². The van der Waals surface area contributed by atoms with Gasteiger partial charge in [0.1, 0.15) is 12.7 Å². The monoisotopic (exact) mass is 151 g/mol. The molecule has 2 unspecified atom stereocenters. The van der Waals surface area contributed by atoms with Crippen LogP contribution in [0.5, 0.6) is 0 Å². The Balaban J connectivity index is 3.56. The van der Waals surface area contributed by atoms with Gasteiger partial charge in [-0.05, 0) is 0 Å². The van der Waals surface area contributed by atoms with Gasteiger partial charge in [-0.2, -0.15) is 0 Å². The number of carboxylic acid groups (broad SMARTS) is 1. The Kier molecular flexibility index (Phi) is 3.90. The number of aliphatic carboxylic acids is 1. The molecule has 0 bridgehead atoms. The minimum Gasteiger partial charge on any atom is -0.480 e. The Morgan fingerprint density at radius 3 is 2.50 bits per heavy atom. The summed E-state index contributed by atoms with van der Waals surface area (Å²) < 4.78 is 11.5. The third kappa shape index (κ3) is 3.37. The summed E-state index contributed by atoms with van der Waals surface area (Å²) in [5.74, 6) is -1.23. The minimum atomic E-state index is -1.26. The number of aliphatic hydroxyl groups is 1. The molecule has 4 N–H and O–H groups in total. The molecule has 0 fully saturated rings. The number of carbonyl (C=O) groups is 1. The molecule has 2 atom stereocenters. The lowest BCUT2D eigenvalue weighted by Crippen LogP contribution is -2.34. The quantitative estimate of drug-likeness (QED) is 0.487. The van der Waals surface area contributed by atoms with Gasteiger partial charge in [0.15, 0.2) is 0 Å². The van der Waals surface area contributed by atoms with Crippen LogP contribution in [0.15, 0.2) is 0 Å². The second-order valence-corrected chi connectivity index (χ2v) is 1.99. The zero-order chi connectivity index (χ0) is 8.15. The van der Waals surface area contributed by atoms with E-state index in [1.165, 1.54) is 0 Å². The van der Waals surface area contributed by atoms with Gasteiger partial charge >= 0.3 is 5.97 Å². The molecule has 0 saturated carbocycles. The van der Waals surface area contributed by atoms with E-state index < -0.39 is 24.8 Å². The van der Waals surface area contributed by atoms with E-state index in [-0.39, 0.29) is 6.42 Å². The van der Waals surface area contributed by atoms with Crippen LogP contribution in [0.3, 0.4) is 0 Å². The molecule has 0 aromatic rings. The molecule has 0 aromatic carbocycles. The average molecular weight is 151 g/mol. The summed E-state index contributed by atoms with van der Waals surface area (Å²) in [5, 5.41) is 16.7. The molecule has 10 heavy (non-hydrogen) atoms. The van der Waals surface area contributed by atoms with Crippen molar-refractivity contribution in [1.82, 2.24) is 0 Å². The summed E-state index contributed by atoms with van der Waals surface area (Å²) >= 11 is 0. The molecule has 0 amide bonds. The number of hydrogen-bond acceptors (Lipinski definition) is 3. The lowest BCUT2D eigenvalue weighted by molar-refractivity contribution is -0.139. The Morgan fingerprint density at radius 1 is 1.70 bits per heavy atom. The van der Waals surface area contributed by atoms with Gasteiger partial charge < -0.3 is 15.9 Å². The fourth-order valence-electron chi connectivity index (χ4n) is 0.457. The summed E-state index contributed by atoms with van der Waals surface area (Å²) in [7, 11) is 0. The van der Waals surface area contributed by atoms with Crippen molar-refractivity contribution >= 4 is 5.97 Å². The molecule has 0 aliphatic rings. The lowest BCUT2D eigenvalue weighted by Gasteiger charge is -2.08. The number of alkyl halides is 1. The molecule has 60 valence electrons. The van der Waals surface area contributed by atoms with Crippen molar-refractivity contribution < 1.29 is 19.4 Å². The standard InChI is InChI=1S/C5H10FNO3/c6-2-3(8)1-4(7)5(9)10/h3-4,8H,1-2,7H2,(H,9,10). The summed E-state index contributed by atoms with van der Waals surface area (Å²) in [6, 6.07) is -1.18. The first-order valence-corrected chi connectivity index (χ1v) is 2.80. The fourth-order valence-corrected chi connectivity index (χ4v) is 0.457. The van der Waals surface area contributed by atoms with Crippen LogP contribution in [0.25, 0.3) is 0 Å². The first-order valence-electron chi connectivity index (χ1n) is 2.80. The van der Waals surface area contributed by atoms with Gasteiger partial charge in [0, 0.05) is 6.42 Å². The maximum atomic E-state index is 11.5. The van der Waals surface area contributed by atoms with E-state index in [4.69, 9.17) is 15.9 Å². The van der Waals surface area contributed by atoms with E-state index in [2.05, 4.69) is 0 Å². The normalized spacial score (nSPS) is 16.3. The van der Waals surface area contributed by atoms with Gasteiger partial charge in [-0.3, -0.25) is 4.79 Å². The van der Waals surface area contributed by atoms with Crippen LogP contribution in [0.1, 0.15) is 6.42 Å². The fraction of sp³-hybridized carbons (Fsp3) is 0.800. The first-order chi connectivity index (χ1) is 4.57. The third-order valence-electron chi connectivity index (χ3n) is 1.02. The largest absolute Gasteiger partial charge is 0.480 e. The smallest absolute Gasteiger partial charge is 0.320 e. The van der Waals surface area contributed by atoms with Crippen molar-refractivity contribution in [3.63, 3.8) is 0 Å². The highest BCUT2D eigenvalue weighted by molar-refractivity contribution is 5.73. The van der Waals surface area contributed by atoms with Crippen molar-refractivity contribution in [3.05, 3.63) is 0 Å². The Morgan fingerprint density at radius 2 is 2.20 bits per heavy atom. The first kappa shape index (κ1) is 9.32. The van der Waals surface area contributed by atoms with Crippen molar-refractivity contribution in [2.75, 3.05) is 6.67 Å². The highest BCUT2D eigenvalue weighted by Crippen LogP contribution is 1.96. The van der Waals surface area contributed by atoms with Crippen molar-refractivity contribution in [1.29, 1.82) is 0 Å². The Bertz CT molecular complexity index is 119.